The third-order valence-electron chi connectivity index (χ3n) is 5.20. The smallest absolute Gasteiger partial charge is 0.271 e. The topological polar surface area (TPSA) is 59.4 Å². The molecule has 0 aliphatic carbocycles. The van der Waals surface area contributed by atoms with E-state index in [0.29, 0.717) is 6.61 Å². The fourth-order valence-corrected chi connectivity index (χ4v) is 5.42. The highest BCUT2D eigenvalue weighted by Crippen LogP contribution is 2.45. The molecule has 27 heavy (non-hydrogen) atoms. The highest BCUT2D eigenvalue weighted by Gasteiger charge is 2.35. The van der Waals surface area contributed by atoms with Crippen molar-refractivity contribution in [3.63, 3.8) is 0 Å². The van der Waals surface area contributed by atoms with E-state index in [0.717, 1.165) is 34.8 Å². The molecule has 144 valence electrons. The van der Waals surface area contributed by atoms with Crippen molar-refractivity contribution in [2.45, 2.75) is 55.4 Å². The molecule has 0 saturated carbocycles. The van der Waals surface area contributed by atoms with Gasteiger partial charge in [-0.1, -0.05) is 23.9 Å². The standard InChI is InChI=1S/C20H25N3O2S2/c1-12-21-18-16(17(27-12)13-5-7-15(26-4)8-6-13)19(24)22-23(18)14-9-10-25-20(2,3)11-14/h5-8,14,17H,9-11H2,1-4H3,(H,22,24)/t14-,17+/m1/s1. The van der Waals surface area contributed by atoms with Crippen molar-refractivity contribution in [1.82, 2.24) is 9.78 Å². The molecule has 1 N–H and O–H groups in total. The zero-order valence-electron chi connectivity index (χ0n) is 16.1. The van der Waals surface area contributed by atoms with Gasteiger partial charge in [-0.05, 0) is 57.6 Å². The summed E-state index contributed by atoms with van der Waals surface area (Å²) >= 11 is 3.38. The molecule has 1 aromatic heterocycles. The van der Waals surface area contributed by atoms with Crippen molar-refractivity contribution in [1.29, 1.82) is 0 Å². The monoisotopic (exact) mass is 403 g/mol. The average Bonchev–Trinajstić information content (AvgIpc) is 2.97. The van der Waals surface area contributed by atoms with E-state index in [-0.39, 0.29) is 22.5 Å². The van der Waals surface area contributed by atoms with Crippen molar-refractivity contribution in [2.75, 3.05) is 12.9 Å². The molecule has 2 atom stereocenters. The lowest BCUT2D eigenvalue weighted by molar-refractivity contribution is -0.0705. The van der Waals surface area contributed by atoms with Crippen molar-refractivity contribution < 1.29 is 4.74 Å². The largest absolute Gasteiger partial charge is 0.375 e. The van der Waals surface area contributed by atoms with Gasteiger partial charge in [-0.2, -0.15) is 0 Å². The number of nitrogens with one attached hydrogen (secondary N) is 1. The third-order valence-corrected chi connectivity index (χ3v) is 7.12. The van der Waals surface area contributed by atoms with E-state index >= 15 is 0 Å². The first-order chi connectivity index (χ1) is 12.9. The Kier molecular flexibility index (Phi) is 5.03. The van der Waals surface area contributed by atoms with E-state index in [1.165, 1.54) is 4.90 Å². The van der Waals surface area contributed by atoms with Crippen molar-refractivity contribution in [2.24, 2.45) is 4.99 Å². The molecule has 2 aliphatic heterocycles. The van der Waals surface area contributed by atoms with Gasteiger partial charge in [0.2, 0.25) is 0 Å². The molecule has 2 aliphatic rings. The number of aromatic nitrogens is 2. The molecule has 4 rings (SSSR count). The summed E-state index contributed by atoms with van der Waals surface area (Å²) in [4.78, 5) is 18.9. The fourth-order valence-electron chi connectivity index (χ4n) is 3.91. The lowest BCUT2D eigenvalue weighted by atomic mass is 9.94. The zero-order valence-corrected chi connectivity index (χ0v) is 17.7. The second-order valence-corrected chi connectivity index (χ2v) is 9.88. The van der Waals surface area contributed by atoms with Gasteiger partial charge in [-0.25, -0.2) is 4.99 Å². The van der Waals surface area contributed by atoms with Crippen molar-refractivity contribution >= 4 is 34.4 Å². The summed E-state index contributed by atoms with van der Waals surface area (Å²) in [6.45, 7) is 6.93. The van der Waals surface area contributed by atoms with E-state index in [9.17, 15) is 4.79 Å². The number of H-pyrrole nitrogens is 1. The molecule has 1 aromatic carbocycles. The second kappa shape index (κ2) is 7.18. The second-order valence-electron chi connectivity index (χ2n) is 7.70. The van der Waals surface area contributed by atoms with Crippen LogP contribution in [0.15, 0.2) is 38.9 Å². The summed E-state index contributed by atoms with van der Waals surface area (Å²) in [7, 11) is 0. The third kappa shape index (κ3) is 3.65. The van der Waals surface area contributed by atoms with Gasteiger partial charge in [-0.3, -0.25) is 14.6 Å². The van der Waals surface area contributed by atoms with Gasteiger partial charge < -0.3 is 4.74 Å². The molecular weight excluding hydrogens is 378 g/mol. The van der Waals surface area contributed by atoms with E-state index in [4.69, 9.17) is 9.73 Å². The maximum Gasteiger partial charge on any atom is 0.271 e. The number of thioether (sulfide) groups is 2. The Labute approximate surface area is 168 Å². The minimum atomic E-state index is -0.188. The first-order valence-corrected chi connectivity index (χ1v) is 11.3. The van der Waals surface area contributed by atoms with E-state index in [2.05, 4.69) is 49.5 Å². The summed E-state index contributed by atoms with van der Waals surface area (Å²) < 4.78 is 7.85. The zero-order chi connectivity index (χ0) is 19.2. The lowest BCUT2D eigenvalue weighted by Gasteiger charge is -2.36. The predicted molar refractivity (Wildman–Crippen MR) is 114 cm³/mol. The van der Waals surface area contributed by atoms with Crippen LogP contribution < -0.4 is 5.56 Å². The van der Waals surface area contributed by atoms with Crippen LogP contribution in [-0.4, -0.2) is 33.3 Å². The van der Waals surface area contributed by atoms with Crippen LogP contribution in [0.1, 0.15) is 56.0 Å². The summed E-state index contributed by atoms with van der Waals surface area (Å²) in [5, 5.41) is 4.05. The summed E-state index contributed by atoms with van der Waals surface area (Å²) in [6.07, 6.45) is 3.81. The minimum Gasteiger partial charge on any atom is -0.375 e. The molecule has 3 heterocycles. The Morgan fingerprint density at radius 1 is 1.33 bits per heavy atom. The van der Waals surface area contributed by atoms with Gasteiger partial charge in [0.1, 0.15) is 0 Å². The van der Waals surface area contributed by atoms with Crippen LogP contribution in [0.3, 0.4) is 0 Å². The van der Waals surface area contributed by atoms with E-state index in [1.807, 2.05) is 11.6 Å². The van der Waals surface area contributed by atoms with Gasteiger partial charge in [-0.15, -0.1) is 11.8 Å². The molecule has 2 aromatic rings. The highest BCUT2D eigenvalue weighted by molar-refractivity contribution is 8.14. The Morgan fingerprint density at radius 2 is 2.07 bits per heavy atom. The number of fused-ring (bicyclic) bond motifs is 1. The molecule has 1 fully saturated rings. The average molecular weight is 404 g/mol. The first-order valence-electron chi connectivity index (χ1n) is 9.22. The predicted octanol–water partition coefficient (Wildman–Crippen LogP) is 4.91. The van der Waals surface area contributed by atoms with Gasteiger partial charge >= 0.3 is 0 Å². The number of hydrogen-bond acceptors (Lipinski definition) is 5. The fraction of sp³-hybridized carbons (Fsp3) is 0.500. The Morgan fingerprint density at radius 3 is 2.74 bits per heavy atom. The number of aliphatic imine (C=N–C) groups is 1. The van der Waals surface area contributed by atoms with Crippen LogP contribution in [0.4, 0.5) is 5.82 Å². The van der Waals surface area contributed by atoms with Crippen LogP contribution in [0, 0.1) is 0 Å². The van der Waals surface area contributed by atoms with Crippen LogP contribution in [-0.2, 0) is 4.74 Å². The van der Waals surface area contributed by atoms with E-state index < -0.39 is 0 Å². The molecule has 0 amide bonds. The van der Waals surface area contributed by atoms with Crippen molar-refractivity contribution in [3.05, 3.63) is 45.7 Å². The van der Waals surface area contributed by atoms with Gasteiger partial charge in [0.15, 0.2) is 5.82 Å². The molecule has 7 heteroatoms. The molecular formula is C20H25N3O2S2. The number of aromatic amines is 1. The minimum absolute atomic E-state index is 0.0220. The number of benzene rings is 1. The number of nitrogens with zero attached hydrogens (tertiary/aromatic N) is 2. The summed E-state index contributed by atoms with van der Waals surface area (Å²) in [5.41, 5.74) is 1.69. The first kappa shape index (κ1) is 18.9. The molecule has 0 spiro atoms. The van der Waals surface area contributed by atoms with Crippen LogP contribution in [0.25, 0.3) is 0 Å². The molecule has 0 unspecified atom stereocenters. The van der Waals surface area contributed by atoms with Crippen LogP contribution >= 0.6 is 23.5 Å². The van der Waals surface area contributed by atoms with Gasteiger partial charge in [0, 0.05) is 11.5 Å². The Hall–Kier alpha value is -1.44. The summed E-state index contributed by atoms with van der Waals surface area (Å²) in [5.74, 6) is 0.790. The van der Waals surface area contributed by atoms with Gasteiger partial charge in [0.05, 0.1) is 27.5 Å². The number of rotatable bonds is 3. The normalized spacial score (nSPS) is 24.4. The van der Waals surface area contributed by atoms with Crippen molar-refractivity contribution in [3.8, 4) is 0 Å². The number of hydrogen-bond donors (Lipinski definition) is 1. The quantitative estimate of drug-likeness (QED) is 0.740. The Bertz CT molecular complexity index is 928. The summed E-state index contributed by atoms with van der Waals surface area (Å²) in [6, 6.07) is 8.69. The molecule has 1 saturated heterocycles. The molecule has 0 bridgehead atoms. The van der Waals surface area contributed by atoms with Crippen LogP contribution in [0.5, 0.6) is 0 Å². The van der Waals surface area contributed by atoms with E-state index in [1.54, 1.807) is 23.5 Å². The lowest BCUT2D eigenvalue weighted by Crippen LogP contribution is -2.35. The maximum absolute atomic E-state index is 12.9. The van der Waals surface area contributed by atoms with Crippen LogP contribution in [0.2, 0.25) is 0 Å². The molecule has 0 radical (unpaired) electrons. The SMILES string of the molecule is CSc1ccc([C@@H]2SC(C)=Nc3c2c(=O)[nH]n3[C@@H]2CCOC(C)(C)C2)cc1. The Balaban J connectivity index is 1.76. The van der Waals surface area contributed by atoms with Gasteiger partial charge in [0.25, 0.3) is 5.56 Å². The maximum atomic E-state index is 12.9. The number of ether oxygens (including phenoxy) is 1. The highest BCUT2D eigenvalue weighted by atomic mass is 32.2. The molecule has 5 nitrogen and oxygen atoms in total.